The van der Waals surface area contributed by atoms with Crippen molar-refractivity contribution in [1.29, 1.82) is 0 Å². The van der Waals surface area contributed by atoms with Gasteiger partial charge < -0.3 is 9.88 Å². The lowest BCUT2D eigenvalue weighted by atomic mass is 10.1. The van der Waals surface area contributed by atoms with Crippen molar-refractivity contribution in [3.05, 3.63) is 29.6 Å². The van der Waals surface area contributed by atoms with E-state index in [1.807, 2.05) is 17.6 Å². The Kier molecular flexibility index (Phi) is 3.23. The first-order chi connectivity index (χ1) is 10.9. The molecule has 1 atom stereocenters. The van der Waals surface area contributed by atoms with Gasteiger partial charge in [0.05, 0.1) is 28.6 Å². The first-order valence-corrected chi connectivity index (χ1v) is 9.75. The molecule has 0 unspecified atom stereocenters. The van der Waals surface area contributed by atoms with Gasteiger partial charge in [0.2, 0.25) is 0 Å². The molecule has 2 aromatic rings. The van der Waals surface area contributed by atoms with Crippen molar-refractivity contribution >= 4 is 26.8 Å². The van der Waals surface area contributed by atoms with Crippen LogP contribution in [0.5, 0.6) is 0 Å². The van der Waals surface area contributed by atoms with E-state index in [-0.39, 0.29) is 23.5 Å². The molecule has 1 amide bonds. The second kappa shape index (κ2) is 5.06. The fourth-order valence-electron chi connectivity index (χ4n) is 3.30. The lowest BCUT2D eigenvalue weighted by Gasteiger charge is -2.13. The number of nitrogens with zero attached hydrogens (tertiary/aromatic N) is 2. The molecule has 1 aliphatic carbocycles. The first-order valence-electron chi connectivity index (χ1n) is 7.93. The minimum absolute atomic E-state index is 0.0591. The Balaban J connectivity index is 1.70. The third-order valence-corrected chi connectivity index (χ3v) is 6.36. The number of carbonyl (C=O) groups is 1. The molecule has 1 aromatic carbocycles. The number of benzene rings is 1. The summed E-state index contributed by atoms with van der Waals surface area (Å²) >= 11 is 0. The van der Waals surface area contributed by atoms with Crippen LogP contribution in [0.25, 0.3) is 11.0 Å². The Labute approximate surface area is 134 Å². The van der Waals surface area contributed by atoms with E-state index in [1.54, 1.807) is 12.1 Å². The summed E-state index contributed by atoms with van der Waals surface area (Å²) in [4.78, 5) is 16.7. The number of hydrogen-bond acceptors (Lipinski definition) is 4. The lowest BCUT2D eigenvalue weighted by Crippen LogP contribution is -2.25. The molecule has 7 heteroatoms. The molecule has 2 fully saturated rings. The summed E-state index contributed by atoms with van der Waals surface area (Å²) in [5.41, 5.74) is 2.25. The number of amides is 1. The van der Waals surface area contributed by atoms with Gasteiger partial charge in [-0.1, -0.05) is 0 Å². The van der Waals surface area contributed by atoms with Crippen LogP contribution < -0.4 is 5.32 Å². The number of carbonyl (C=O) groups excluding carboxylic acids is 1. The Morgan fingerprint density at radius 1 is 1.30 bits per heavy atom. The molecule has 1 aromatic heterocycles. The van der Waals surface area contributed by atoms with Gasteiger partial charge in [-0.25, -0.2) is 13.4 Å². The highest BCUT2D eigenvalue weighted by atomic mass is 32.2. The number of aromatic nitrogens is 2. The zero-order chi connectivity index (χ0) is 16.2. The van der Waals surface area contributed by atoms with Crippen molar-refractivity contribution in [1.82, 2.24) is 14.9 Å². The van der Waals surface area contributed by atoms with Crippen LogP contribution in [0.2, 0.25) is 0 Å². The molecule has 0 radical (unpaired) electrons. The van der Waals surface area contributed by atoms with Crippen molar-refractivity contribution in [3.63, 3.8) is 0 Å². The van der Waals surface area contributed by atoms with Crippen LogP contribution in [0.1, 0.15) is 41.5 Å². The average Bonchev–Trinajstić information content (AvgIpc) is 3.13. The maximum absolute atomic E-state index is 12.1. The van der Waals surface area contributed by atoms with Crippen LogP contribution in [-0.2, 0) is 9.84 Å². The van der Waals surface area contributed by atoms with Crippen LogP contribution in [-0.4, -0.2) is 41.4 Å². The normalized spacial score (nSPS) is 23.3. The molecular weight excluding hydrogens is 314 g/mol. The summed E-state index contributed by atoms with van der Waals surface area (Å²) in [6.07, 6.45) is 2.73. The molecule has 122 valence electrons. The van der Waals surface area contributed by atoms with E-state index in [4.69, 9.17) is 0 Å². The number of hydrogen-bond donors (Lipinski definition) is 1. The third kappa shape index (κ3) is 2.73. The average molecular weight is 333 g/mol. The maximum Gasteiger partial charge on any atom is 0.251 e. The van der Waals surface area contributed by atoms with E-state index in [2.05, 4.69) is 10.3 Å². The Hall–Kier alpha value is -1.89. The van der Waals surface area contributed by atoms with Crippen molar-refractivity contribution < 1.29 is 13.2 Å². The topological polar surface area (TPSA) is 81.1 Å². The van der Waals surface area contributed by atoms with Gasteiger partial charge in [0.15, 0.2) is 9.84 Å². The Bertz CT molecular complexity index is 897. The minimum Gasteiger partial charge on any atom is -0.349 e. The van der Waals surface area contributed by atoms with E-state index in [1.165, 1.54) is 0 Å². The predicted molar refractivity (Wildman–Crippen MR) is 87.3 cm³/mol. The summed E-state index contributed by atoms with van der Waals surface area (Å²) in [5, 5.41) is 2.97. The number of imidazole rings is 1. The second-order valence-electron chi connectivity index (χ2n) is 6.54. The fourth-order valence-corrected chi connectivity index (χ4v) is 5.00. The minimum atomic E-state index is -2.95. The zero-order valence-corrected chi connectivity index (χ0v) is 13.8. The molecule has 1 saturated heterocycles. The Morgan fingerprint density at radius 2 is 2.09 bits per heavy atom. The monoisotopic (exact) mass is 333 g/mol. The molecule has 0 bridgehead atoms. The first kappa shape index (κ1) is 14.7. The highest BCUT2D eigenvalue weighted by Gasteiger charge is 2.31. The Morgan fingerprint density at radius 3 is 2.74 bits per heavy atom. The van der Waals surface area contributed by atoms with Gasteiger partial charge >= 0.3 is 0 Å². The zero-order valence-electron chi connectivity index (χ0n) is 12.9. The molecule has 6 nitrogen and oxygen atoms in total. The molecule has 1 saturated carbocycles. The van der Waals surface area contributed by atoms with E-state index in [9.17, 15) is 13.2 Å². The summed E-state index contributed by atoms with van der Waals surface area (Å²) < 4.78 is 25.5. The van der Waals surface area contributed by atoms with Gasteiger partial charge in [0.1, 0.15) is 5.82 Å². The van der Waals surface area contributed by atoms with Crippen molar-refractivity contribution in [2.45, 2.75) is 38.3 Å². The summed E-state index contributed by atoms with van der Waals surface area (Å²) in [6.45, 7) is 1.88. The van der Waals surface area contributed by atoms with Crippen LogP contribution in [0.15, 0.2) is 18.2 Å². The van der Waals surface area contributed by atoms with Gasteiger partial charge in [0.25, 0.3) is 5.91 Å². The molecule has 1 aliphatic heterocycles. The predicted octanol–water partition coefficient (Wildman–Crippen LogP) is 1.60. The largest absolute Gasteiger partial charge is 0.349 e. The fraction of sp³-hybridized carbons (Fsp3) is 0.500. The van der Waals surface area contributed by atoms with Crippen LogP contribution >= 0.6 is 0 Å². The number of fused-ring (bicyclic) bond motifs is 1. The number of aryl methyl sites for hydroxylation is 1. The van der Waals surface area contributed by atoms with Gasteiger partial charge in [0, 0.05) is 11.6 Å². The molecule has 2 heterocycles. The SMILES string of the molecule is Cc1nc2cc(C(=O)NC3CC3)ccc2n1[C@H]1CCS(=O)(=O)C1. The summed E-state index contributed by atoms with van der Waals surface area (Å²) in [5.74, 6) is 1.13. The lowest BCUT2D eigenvalue weighted by molar-refractivity contribution is 0.0951. The van der Waals surface area contributed by atoms with E-state index in [0.29, 0.717) is 18.0 Å². The van der Waals surface area contributed by atoms with Crippen LogP contribution in [0.4, 0.5) is 0 Å². The highest BCUT2D eigenvalue weighted by Crippen LogP contribution is 2.29. The second-order valence-corrected chi connectivity index (χ2v) is 8.77. The van der Waals surface area contributed by atoms with Gasteiger partial charge in [-0.3, -0.25) is 4.79 Å². The molecule has 1 N–H and O–H groups in total. The van der Waals surface area contributed by atoms with Crippen molar-refractivity contribution in [2.75, 3.05) is 11.5 Å². The smallest absolute Gasteiger partial charge is 0.251 e. The number of sulfone groups is 1. The van der Waals surface area contributed by atoms with E-state index < -0.39 is 9.84 Å². The van der Waals surface area contributed by atoms with Crippen LogP contribution in [0, 0.1) is 6.92 Å². The molecule has 2 aliphatic rings. The summed E-state index contributed by atoms with van der Waals surface area (Å²) in [6, 6.07) is 5.72. The van der Waals surface area contributed by atoms with Crippen molar-refractivity contribution in [3.8, 4) is 0 Å². The van der Waals surface area contributed by atoms with Crippen molar-refractivity contribution in [2.24, 2.45) is 0 Å². The highest BCUT2D eigenvalue weighted by molar-refractivity contribution is 7.91. The van der Waals surface area contributed by atoms with E-state index in [0.717, 1.165) is 29.7 Å². The number of nitrogens with one attached hydrogen (secondary N) is 1. The summed E-state index contributed by atoms with van der Waals surface area (Å²) in [7, 11) is -2.95. The standard InChI is InChI=1S/C16H19N3O3S/c1-10-17-14-8-11(16(20)18-12-3-4-12)2-5-15(14)19(10)13-6-7-23(21,22)9-13/h2,5,8,12-13H,3-4,6-7,9H2,1H3,(H,18,20)/t13-/m0/s1. The van der Waals surface area contributed by atoms with Gasteiger partial charge in [-0.2, -0.15) is 0 Å². The molecular formula is C16H19N3O3S. The van der Waals surface area contributed by atoms with Gasteiger partial charge in [-0.15, -0.1) is 0 Å². The van der Waals surface area contributed by atoms with Crippen LogP contribution in [0.3, 0.4) is 0 Å². The molecule has 0 spiro atoms. The maximum atomic E-state index is 12.1. The molecule has 4 rings (SSSR count). The number of rotatable bonds is 3. The van der Waals surface area contributed by atoms with E-state index >= 15 is 0 Å². The van der Waals surface area contributed by atoms with Gasteiger partial charge in [-0.05, 0) is 44.4 Å². The third-order valence-electron chi connectivity index (χ3n) is 4.61. The molecule has 23 heavy (non-hydrogen) atoms. The quantitative estimate of drug-likeness (QED) is 0.925.